The summed E-state index contributed by atoms with van der Waals surface area (Å²) in [6.07, 6.45) is 1.51. The van der Waals surface area contributed by atoms with Gasteiger partial charge in [-0.15, -0.1) is 24.0 Å². The zero-order chi connectivity index (χ0) is 7.84. The van der Waals surface area contributed by atoms with Crippen molar-refractivity contribution >= 4 is 34.2 Å². The van der Waals surface area contributed by atoms with Gasteiger partial charge in [0.05, 0.1) is 15.2 Å². The number of hydrogen-bond donors (Lipinski definition) is 1. The van der Waals surface area contributed by atoms with E-state index in [9.17, 15) is 4.79 Å². The van der Waals surface area contributed by atoms with Gasteiger partial charge < -0.3 is 4.42 Å². The molecule has 2 aromatic rings. The highest BCUT2D eigenvalue weighted by molar-refractivity contribution is 7.83. The zero-order valence-electron chi connectivity index (χ0n) is 5.40. The van der Waals surface area contributed by atoms with Gasteiger partial charge in [0.25, 0.3) is 0 Å². The first-order valence-electron chi connectivity index (χ1n) is 2.98. The third-order valence-electron chi connectivity index (χ3n) is 1.32. The van der Waals surface area contributed by atoms with Gasteiger partial charge >= 0.3 is 0 Å². The van der Waals surface area contributed by atoms with E-state index in [4.69, 9.17) is 4.42 Å². The summed E-state index contributed by atoms with van der Waals surface area (Å²) in [5.41, 5.74) is 0.321. The molecule has 11 heavy (non-hydrogen) atoms. The van der Waals surface area contributed by atoms with Gasteiger partial charge in [-0.3, -0.25) is 4.79 Å². The van der Waals surface area contributed by atoms with Gasteiger partial charge in [0.15, 0.2) is 5.58 Å². The quantitative estimate of drug-likeness (QED) is 0.636. The van der Waals surface area contributed by atoms with E-state index in [0.29, 0.717) is 9.79 Å². The predicted molar refractivity (Wildman–Crippen MR) is 47.6 cm³/mol. The molecule has 56 valence electrons. The lowest BCUT2D eigenvalue weighted by Gasteiger charge is -1.86. The van der Waals surface area contributed by atoms with Crippen molar-refractivity contribution in [3.05, 3.63) is 28.6 Å². The third-order valence-corrected chi connectivity index (χ3v) is 2.59. The van der Waals surface area contributed by atoms with Crippen LogP contribution in [-0.2, 0) is 0 Å². The molecule has 2 heterocycles. The van der Waals surface area contributed by atoms with Gasteiger partial charge in [-0.2, -0.15) is 0 Å². The van der Waals surface area contributed by atoms with Crippen LogP contribution in [0.5, 0.6) is 0 Å². The van der Waals surface area contributed by atoms with Crippen LogP contribution in [-0.4, -0.2) is 0 Å². The molecule has 2 aromatic heterocycles. The Bertz CT molecular complexity index is 441. The van der Waals surface area contributed by atoms with Crippen LogP contribution < -0.4 is 5.43 Å². The van der Waals surface area contributed by atoms with Gasteiger partial charge in [0, 0.05) is 6.07 Å². The fourth-order valence-corrected chi connectivity index (χ4v) is 2.05. The van der Waals surface area contributed by atoms with Crippen LogP contribution in [0, 0.1) is 0 Å². The van der Waals surface area contributed by atoms with E-state index in [1.807, 2.05) is 0 Å². The highest BCUT2D eigenvalue weighted by Gasteiger charge is 2.02. The molecule has 0 amide bonds. The molecule has 4 heteroatoms. The summed E-state index contributed by atoms with van der Waals surface area (Å²) in [5, 5.41) is 0. The maximum atomic E-state index is 11.1. The molecule has 0 fully saturated rings. The minimum atomic E-state index is -0.103. The van der Waals surface area contributed by atoms with Crippen LogP contribution in [0.2, 0.25) is 0 Å². The van der Waals surface area contributed by atoms with Crippen LogP contribution in [0.25, 0.3) is 10.3 Å². The molecule has 0 bridgehead atoms. The van der Waals surface area contributed by atoms with Gasteiger partial charge in [-0.1, -0.05) is 0 Å². The average molecular weight is 184 g/mol. The molecule has 0 aliphatic heterocycles. The minimum absolute atomic E-state index is 0.103. The summed E-state index contributed by atoms with van der Waals surface area (Å²) < 4.78 is 6.53. The number of hydrogen-bond acceptors (Lipinski definition) is 4. The summed E-state index contributed by atoms with van der Waals surface area (Å²) in [6, 6.07) is 3.22. The van der Waals surface area contributed by atoms with Crippen LogP contribution in [0.3, 0.4) is 0 Å². The Hall–Kier alpha value is -0.740. The Morgan fingerprint density at radius 3 is 3.18 bits per heavy atom. The molecule has 0 saturated heterocycles. The molecule has 0 atom stereocenters. The number of rotatable bonds is 0. The molecule has 2 rings (SSSR count). The molecule has 0 saturated carbocycles. The molecule has 0 unspecified atom stereocenters. The van der Waals surface area contributed by atoms with Gasteiger partial charge in [-0.05, 0) is 6.07 Å². The van der Waals surface area contributed by atoms with E-state index < -0.39 is 0 Å². The highest BCUT2D eigenvalue weighted by Crippen LogP contribution is 2.21. The first kappa shape index (κ1) is 6.94. The minimum Gasteiger partial charge on any atom is -0.459 e. The van der Waals surface area contributed by atoms with Crippen molar-refractivity contribution < 1.29 is 4.42 Å². The van der Waals surface area contributed by atoms with Crippen molar-refractivity contribution in [2.24, 2.45) is 0 Å². The van der Waals surface area contributed by atoms with Crippen molar-refractivity contribution in [3.63, 3.8) is 0 Å². The average Bonchev–Trinajstić information content (AvgIpc) is 2.34. The number of fused-ring (bicyclic) bond motifs is 1. The summed E-state index contributed by atoms with van der Waals surface area (Å²) in [4.78, 5) is 11.1. The van der Waals surface area contributed by atoms with Crippen LogP contribution >= 0.6 is 24.0 Å². The fraction of sp³-hybridized carbons (Fsp3) is 0. The first-order valence-corrected chi connectivity index (χ1v) is 4.24. The molecule has 2 nitrogen and oxygen atoms in total. The Morgan fingerprint density at radius 2 is 2.36 bits per heavy atom. The SMILES string of the molecule is O=c1cc(S)sc2ccoc12. The monoisotopic (exact) mass is 184 g/mol. The lowest BCUT2D eigenvalue weighted by molar-refractivity contribution is 0.613. The molecule has 0 aliphatic carbocycles. The fourth-order valence-electron chi connectivity index (χ4n) is 0.877. The topological polar surface area (TPSA) is 30.2 Å². The molecular formula is C7H4O2S2. The molecule has 0 aliphatic rings. The Morgan fingerprint density at radius 1 is 1.55 bits per heavy atom. The van der Waals surface area contributed by atoms with E-state index in [-0.39, 0.29) is 5.43 Å². The maximum Gasteiger partial charge on any atom is 0.224 e. The second-order valence-electron chi connectivity index (χ2n) is 2.06. The Labute approximate surface area is 71.9 Å². The van der Waals surface area contributed by atoms with Crippen molar-refractivity contribution in [3.8, 4) is 0 Å². The lowest BCUT2D eigenvalue weighted by atomic mass is 10.5. The molecule has 0 spiro atoms. The maximum absolute atomic E-state index is 11.1. The standard InChI is InChI=1S/C7H4O2S2/c8-4-3-6(10)11-5-1-2-9-7(4)5/h1-3,10H. The Balaban J connectivity index is 3.02. The zero-order valence-corrected chi connectivity index (χ0v) is 7.11. The van der Waals surface area contributed by atoms with E-state index in [1.54, 1.807) is 6.07 Å². The number of furan rings is 1. The first-order chi connectivity index (χ1) is 5.27. The normalized spacial score (nSPS) is 10.6. The third kappa shape index (κ3) is 1.08. The largest absolute Gasteiger partial charge is 0.459 e. The second kappa shape index (κ2) is 2.39. The van der Waals surface area contributed by atoms with Crippen molar-refractivity contribution in [1.29, 1.82) is 0 Å². The molecule has 0 radical (unpaired) electrons. The second-order valence-corrected chi connectivity index (χ2v) is 3.93. The summed E-state index contributed by atoms with van der Waals surface area (Å²) in [7, 11) is 0. The van der Waals surface area contributed by atoms with Gasteiger partial charge in [-0.25, -0.2) is 0 Å². The predicted octanol–water partition coefficient (Wildman–Crippen LogP) is 2.14. The Kier molecular flexibility index (Phi) is 1.51. The van der Waals surface area contributed by atoms with Crippen molar-refractivity contribution in [2.45, 2.75) is 4.21 Å². The highest BCUT2D eigenvalue weighted by atomic mass is 32.2. The number of thiol groups is 1. The van der Waals surface area contributed by atoms with E-state index in [2.05, 4.69) is 12.6 Å². The van der Waals surface area contributed by atoms with E-state index >= 15 is 0 Å². The smallest absolute Gasteiger partial charge is 0.224 e. The van der Waals surface area contributed by atoms with Gasteiger partial charge in [0.2, 0.25) is 5.43 Å². The van der Waals surface area contributed by atoms with Crippen LogP contribution in [0.4, 0.5) is 0 Å². The summed E-state index contributed by atoms with van der Waals surface area (Å²) in [5.74, 6) is 0. The molecular weight excluding hydrogens is 180 g/mol. The van der Waals surface area contributed by atoms with Crippen LogP contribution in [0.1, 0.15) is 0 Å². The van der Waals surface area contributed by atoms with Crippen LogP contribution in [0.15, 0.2) is 31.8 Å². The van der Waals surface area contributed by atoms with Crippen molar-refractivity contribution in [1.82, 2.24) is 0 Å². The summed E-state index contributed by atoms with van der Waals surface area (Å²) >= 11 is 5.51. The molecule has 0 N–H and O–H groups in total. The summed E-state index contributed by atoms with van der Waals surface area (Å²) in [6.45, 7) is 0. The van der Waals surface area contributed by atoms with E-state index in [0.717, 1.165) is 4.70 Å². The molecule has 0 aromatic carbocycles. The lowest BCUT2D eigenvalue weighted by Crippen LogP contribution is -1.94. The van der Waals surface area contributed by atoms with Gasteiger partial charge in [0.1, 0.15) is 0 Å². The van der Waals surface area contributed by atoms with E-state index in [1.165, 1.54) is 23.7 Å². The van der Waals surface area contributed by atoms with Crippen molar-refractivity contribution in [2.75, 3.05) is 0 Å².